The van der Waals surface area contributed by atoms with E-state index in [2.05, 4.69) is 10.4 Å². The number of fused-ring (bicyclic) bond motifs is 1. The molecule has 0 bridgehead atoms. The fourth-order valence-corrected chi connectivity index (χ4v) is 3.68. The quantitative estimate of drug-likeness (QED) is 0.929. The van der Waals surface area contributed by atoms with Crippen LogP contribution >= 0.6 is 11.3 Å². The van der Waals surface area contributed by atoms with Gasteiger partial charge in [0, 0.05) is 25.5 Å². The van der Waals surface area contributed by atoms with Gasteiger partial charge in [0.1, 0.15) is 4.83 Å². The summed E-state index contributed by atoms with van der Waals surface area (Å²) >= 11 is 1.40. The number of amides is 2. The molecule has 21 heavy (non-hydrogen) atoms. The highest BCUT2D eigenvalue weighted by Crippen LogP contribution is 2.27. The minimum Gasteiger partial charge on any atom is -0.342 e. The van der Waals surface area contributed by atoms with Crippen LogP contribution in [0.3, 0.4) is 0 Å². The normalized spacial score (nSPS) is 14.9. The second-order valence-corrected chi connectivity index (χ2v) is 6.34. The molecule has 3 rings (SSSR count). The molecule has 3 heterocycles. The molecule has 2 aromatic heterocycles. The van der Waals surface area contributed by atoms with Crippen LogP contribution in [0, 0.1) is 6.92 Å². The number of nitrogens with one attached hydrogen (secondary N) is 1. The van der Waals surface area contributed by atoms with Crippen LogP contribution < -0.4 is 5.32 Å². The number of carbonyl (C=O) groups is 2. The fraction of sp³-hybridized carbons (Fsp3) is 0.500. The summed E-state index contributed by atoms with van der Waals surface area (Å²) < 4.78 is 1.78. The van der Waals surface area contributed by atoms with Crippen molar-refractivity contribution in [3.05, 3.63) is 16.6 Å². The van der Waals surface area contributed by atoms with Crippen LogP contribution in [-0.4, -0.2) is 46.1 Å². The minimum atomic E-state index is -0.192. The van der Waals surface area contributed by atoms with Crippen molar-refractivity contribution in [2.24, 2.45) is 7.05 Å². The SMILES string of the molecule is Cc1nn(C)c2sc(C(=O)NCC(=O)N3CCCC3)cc12. The second kappa shape index (κ2) is 5.48. The third-order valence-corrected chi connectivity index (χ3v) is 4.98. The van der Waals surface area contributed by atoms with E-state index in [9.17, 15) is 9.59 Å². The van der Waals surface area contributed by atoms with Crippen LogP contribution in [0.5, 0.6) is 0 Å². The summed E-state index contributed by atoms with van der Waals surface area (Å²) in [5.74, 6) is -0.192. The molecule has 1 aliphatic heterocycles. The molecule has 0 aromatic carbocycles. The van der Waals surface area contributed by atoms with Crippen LogP contribution in [-0.2, 0) is 11.8 Å². The molecular weight excluding hydrogens is 288 g/mol. The molecule has 0 radical (unpaired) electrons. The molecule has 1 saturated heterocycles. The number of hydrogen-bond donors (Lipinski definition) is 1. The van der Waals surface area contributed by atoms with E-state index in [4.69, 9.17) is 0 Å². The molecule has 112 valence electrons. The molecule has 6 nitrogen and oxygen atoms in total. The maximum absolute atomic E-state index is 12.2. The summed E-state index contributed by atoms with van der Waals surface area (Å²) in [6.07, 6.45) is 2.12. The monoisotopic (exact) mass is 306 g/mol. The Morgan fingerprint density at radius 3 is 2.76 bits per heavy atom. The van der Waals surface area contributed by atoms with Gasteiger partial charge < -0.3 is 10.2 Å². The van der Waals surface area contributed by atoms with E-state index in [1.54, 1.807) is 9.58 Å². The van der Waals surface area contributed by atoms with E-state index in [0.717, 1.165) is 41.8 Å². The van der Waals surface area contributed by atoms with Gasteiger partial charge in [0.05, 0.1) is 17.1 Å². The van der Waals surface area contributed by atoms with Gasteiger partial charge in [-0.3, -0.25) is 14.3 Å². The van der Waals surface area contributed by atoms with Crippen LogP contribution in [0.4, 0.5) is 0 Å². The van der Waals surface area contributed by atoms with E-state index in [1.165, 1.54) is 11.3 Å². The van der Waals surface area contributed by atoms with Crippen LogP contribution in [0.15, 0.2) is 6.07 Å². The molecular formula is C14H18N4O2S. The number of likely N-dealkylation sites (tertiary alicyclic amines) is 1. The smallest absolute Gasteiger partial charge is 0.261 e. The Labute approximate surface area is 126 Å². The molecule has 0 saturated carbocycles. The van der Waals surface area contributed by atoms with E-state index >= 15 is 0 Å². The molecule has 0 unspecified atom stereocenters. The predicted octanol–water partition coefficient (Wildman–Crippen LogP) is 1.30. The molecule has 2 amide bonds. The Balaban J connectivity index is 1.66. The average Bonchev–Trinajstić information content (AvgIpc) is 3.15. The Morgan fingerprint density at radius 1 is 1.38 bits per heavy atom. The highest BCUT2D eigenvalue weighted by atomic mass is 32.1. The number of carbonyl (C=O) groups excluding carboxylic acids is 2. The fourth-order valence-electron chi connectivity index (χ4n) is 2.64. The summed E-state index contributed by atoms with van der Waals surface area (Å²) in [6.45, 7) is 3.61. The molecule has 1 fully saturated rings. The predicted molar refractivity (Wildman–Crippen MR) is 81.5 cm³/mol. The molecule has 1 aliphatic rings. The summed E-state index contributed by atoms with van der Waals surface area (Å²) in [4.78, 5) is 27.5. The molecule has 7 heteroatoms. The van der Waals surface area contributed by atoms with Gasteiger partial charge in [-0.2, -0.15) is 5.10 Å². The van der Waals surface area contributed by atoms with E-state index in [0.29, 0.717) is 4.88 Å². The van der Waals surface area contributed by atoms with Crippen molar-refractivity contribution in [1.29, 1.82) is 0 Å². The first-order valence-electron chi connectivity index (χ1n) is 7.05. The van der Waals surface area contributed by atoms with Gasteiger partial charge in [-0.15, -0.1) is 11.3 Å². The number of thiophene rings is 1. The number of rotatable bonds is 3. The first-order valence-corrected chi connectivity index (χ1v) is 7.87. The maximum atomic E-state index is 12.2. The van der Waals surface area contributed by atoms with Gasteiger partial charge in [0.2, 0.25) is 5.91 Å². The molecule has 2 aromatic rings. The van der Waals surface area contributed by atoms with Crippen molar-refractivity contribution in [1.82, 2.24) is 20.0 Å². The van der Waals surface area contributed by atoms with Gasteiger partial charge in [0.25, 0.3) is 5.91 Å². The summed E-state index contributed by atoms with van der Waals surface area (Å²) in [5, 5.41) is 8.03. The van der Waals surface area contributed by atoms with Crippen molar-refractivity contribution < 1.29 is 9.59 Å². The third-order valence-electron chi connectivity index (χ3n) is 3.78. The van der Waals surface area contributed by atoms with Crippen molar-refractivity contribution in [2.75, 3.05) is 19.6 Å². The largest absolute Gasteiger partial charge is 0.342 e. The lowest BCUT2D eigenvalue weighted by Gasteiger charge is -2.15. The van der Waals surface area contributed by atoms with Gasteiger partial charge >= 0.3 is 0 Å². The maximum Gasteiger partial charge on any atom is 0.261 e. The molecule has 1 N–H and O–H groups in total. The van der Waals surface area contributed by atoms with Gasteiger partial charge in [0.15, 0.2) is 0 Å². The third kappa shape index (κ3) is 2.65. The summed E-state index contributed by atoms with van der Waals surface area (Å²) in [6, 6.07) is 1.85. The first-order chi connectivity index (χ1) is 10.1. The van der Waals surface area contributed by atoms with Crippen molar-refractivity contribution in [3.63, 3.8) is 0 Å². The van der Waals surface area contributed by atoms with Crippen LogP contribution in [0.25, 0.3) is 10.2 Å². The lowest BCUT2D eigenvalue weighted by molar-refractivity contribution is -0.129. The topological polar surface area (TPSA) is 67.2 Å². The standard InChI is InChI=1S/C14H18N4O2S/c1-9-10-7-11(21-14(10)17(2)16-9)13(20)15-8-12(19)18-5-3-4-6-18/h7H,3-6,8H2,1-2H3,(H,15,20). The highest BCUT2D eigenvalue weighted by Gasteiger charge is 2.20. The van der Waals surface area contributed by atoms with Crippen molar-refractivity contribution in [2.45, 2.75) is 19.8 Å². The number of aryl methyl sites for hydroxylation is 2. The Hall–Kier alpha value is -1.89. The van der Waals surface area contributed by atoms with Gasteiger partial charge in [-0.1, -0.05) is 0 Å². The zero-order chi connectivity index (χ0) is 15.0. The van der Waals surface area contributed by atoms with E-state index in [1.807, 2.05) is 20.0 Å². The lowest BCUT2D eigenvalue weighted by Crippen LogP contribution is -2.38. The Bertz CT molecular complexity index is 663. The van der Waals surface area contributed by atoms with Crippen molar-refractivity contribution >= 4 is 33.4 Å². The zero-order valence-electron chi connectivity index (χ0n) is 12.2. The number of hydrogen-bond acceptors (Lipinski definition) is 4. The first kappa shape index (κ1) is 14.1. The summed E-state index contributed by atoms with van der Waals surface area (Å²) in [7, 11) is 1.87. The van der Waals surface area contributed by atoms with Gasteiger partial charge in [-0.05, 0) is 25.8 Å². The highest BCUT2D eigenvalue weighted by molar-refractivity contribution is 7.20. The zero-order valence-corrected chi connectivity index (χ0v) is 13.0. The molecule has 0 spiro atoms. The second-order valence-electron chi connectivity index (χ2n) is 5.31. The lowest BCUT2D eigenvalue weighted by atomic mass is 10.3. The number of nitrogens with zero attached hydrogens (tertiary/aromatic N) is 3. The van der Waals surface area contributed by atoms with Gasteiger partial charge in [-0.25, -0.2) is 0 Å². The molecule has 0 aliphatic carbocycles. The van der Waals surface area contributed by atoms with Crippen LogP contribution in [0.1, 0.15) is 28.2 Å². The van der Waals surface area contributed by atoms with E-state index in [-0.39, 0.29) is 18.4 Å². The minimum absolute atomic E-state index is 0.000177. The average molecular weight is 306 g/mol. The Kier molecular flexibility index (Phi) is 3.67. The van der Waals surface area contributed by atoms with Crippen molar-refractivity contribution in [3.8, 4) is 0 Å². The summed E-state index contributed by atoms with van der Waals surface area (Å²) in [5.41, 5.74) is 0.913. The number of aromatic nitrogens is 2. The van der Waals surface area contributed by atoms with Crippen LogP contribution in [0.2, 0.25) is 0 Å². The molecule has 0 atom stereocenters. The Morgan fingerprint density at radius 2 is 2.10 bits per heavy atom. The van der Waals surface area contributed by atoms with E-state index < -0.39 is 0 Å².